The fourth-order valence-corrected chi connectivity index (χ4v) is 2.54. The molecule has 5 nitrogen and oxygen atoms in total. The Labute approximate surface area is 151 Å². The Bertz CT molecular complexity index is 1060. The fourth-order valence-electron chi connectivity index (χ4n) is 2.54. The summed E-state index contributed by atoms with van der Waals surface area (Å²) in [5.41, 5.74) is -2.61. The number of carbonyl (C=O) groups excluding carboxylic acids is 1. The molecular formula is C19H14F3NO4. The molecule has 8 heteroatoms. The summed E-state index contributed by atoms with van der Waals surface area (Å²) in [7, 11) is 0. The topological polar surface area (TPSA) is 68.5 Å². The maximum Gasteiger partial charge on any atom is 0.418 e. The normalized spacial score (nSPS) is 11.4. The lowest BCUT2D eigenvalue weighted by Gasteiger charge is -2.13. The van der Waals surface area contributed by atoms with E-state index in [2.05, 4.69) is 5.32 Å². The molecule has 0 aliphatic rings. The van der Waals surface area contributed by atoms with E-state index in [1.165, 1.54) is 24.3 Å². The highest BCUT2D eigenvalue weighted by Crippen LogP contribution is 2.34. The number of alkyl halides is 3. The van der Waals surface area contributed by atoms with Crippen LogP contribution in [0.1, 0.15) is 22.8 Å². The minimum atomic E-state index is -4.65. The number of nitrogens with one attached hydrogen (secondary N) is 1. The lowest BCUT2D eigenvalue weighted by molar-refractivity contribution is -0.136. The number of anilines is 1. The van der Waals surface area contributed by atoms with Crippen LogP contribution in [0, 0.1) is 0 Å². The van der Waals surface area contributed by atoms with Crippen molar-refractivity contribution in [2.45, 2.75) is 13.1 Å². The predicted molar refractivity (Wildman–Crippen MR) is 93.1 cm³/mol. The molecule has 0 aliphatic heterocycles. The number of hydrogen-bond acceptors (Lipinski definition) is 4. The Morgan fingerprint density at radius 2 is 1.89 bits per heavy atom. The molecular weight excluding hydrogens is 363 g/mol. The van der Waals surface area contributed by atoms with E-state index in [1.54, 1.807) is 19.1 Å². The number of ether oxygens (including phenoxy) is 1. The molecule has 27 heavy (non-hydrogen) atoms. The molecule has 2 aromatic carbocycles. The molecule has 0 radical (unpaired) electrons. The highest BCUT2D eigenvalue weighted by molar-refractivity contribution is 6.05. The molecule has 3 aromatic rings. The average molecular weight is 377 g/mol. The second kappa shape index (κ2) is 7.14. The van der Waals surface area contributed by atoms with Gasteiger partial charge in [-0.2, -0.15) is 13.2 Å². The fraction of sp³-hybridized carbons (Fsp3) is 0.158. The molecule has 140 valence electrons. The van der Waals surface area contributed by atoms with Gasteiger partial charge in [-0.3, -0.25) is 4.79 Å². The van der Waals surface area contributed by atoms with Gasteiger partial charge >= 0.3 is 11.8 Å². The third-order valence-electron chi connectivity index (χ3n) is 3.74. The van der Waals surface area contributed by atoms with E-state index in [0.29, 0.717) is 17.7 Å². The van der Waals surface area contributed by atoms with Gasteiger partial charge in [-0.25, -0.2) is 4.79 Å². The molecule has 3 rings (SSSR count). The van der Waals surface area contributed by atoms with Gasteiger partial charge in [-0.05, 0) is 37.3 Å². The van der Waals surface area contributed by atoms with Gasteiger partial charge in [-0.15, -0.1) is 0 Å². The van der Waals surface area contributed by atoms with Crippen LogP contribution >= 0.6 is 0 Å². The maximum absolute atomic E-state index is 13.0. The molecule has 1 aromatic heterocycles. The summed E-state index contributed by atoms with van der Waals surface area (Å²) in [6.45, 7) is 2.22. The third-order valence-corrected chi connectivity index (χ3v) is 3.74. The largest absolute Gasteiger partial charge is 0.494 e. The average Bonchev–Trinajstić information content (AvgIpc) is 2.61. The number of para-hydroxylation sites is 1. The first-order chi connectivity index (χ1) is 12.8. The zero-order valence-corrected chi connectivity index (χ0v) is 14.1. The van der Waals surface area contributed by atoms with E-state index in [0.717, 1.165) is 12.1 Å². The molecule has 0 spiro atoms. The number of amides is 1. The van der Waals surface area contributed by atoms with Gasteiger partial charge in [0.25, 0.3) is 5.91 Å². The maximum atomic E-state index is 13.0. The van der Waals surface area contributed by atoms with Crippen LogP contribution in [-0.2, 0) is 6.18 Å². The molecule has 0 fully saturated rings. The van der Waals surface area contributed by atoms with Crippen LogP contribution in [0.3, 0.4) is 0 Å². The number of carbonyl (C=O) groups is 1. The molecule has 1 heterocycles. The van der Waals surface area contributed by atoms with E-state index < -0.39 is 34.5 Å². The number of rotatable bonds is 4. The molecule has 1 N–H and O–H groups in total. The third kappa shape index (κ3) is 3.94. The van der Waals surface area contributed by atoms with Gasteiger partial charge in [-0.1, -0.05) is 12.1 Å². The molecule has 0 aliphatic carbocycles. The van der Waals surface area contributed by atoms with E-state index in [4.69, 9.17) is 9.15 Å². The van der Waals surface area contributed by atoms with Crippen molar-refractivity contribution in [3.05, 3.63) is 70.1 Å². The molecule has 0 saturated heterocycles. The predicted octanol–water partition coefficient (Wildman–Crippen LogP) is 4.46. The minimum absolute atomic E-state index is 0.207. The monoisotopic (exact) mass is 377 g/mol. The molecule has 0 bridgehead atoms. The Hall–Kier alpha value is -3.29. The standard InChI is InChI=1S/C19H14F3NO4/c1-2-26-12-8-7-11-9-13(18(25)27-16(11)10-12)17(24)23-15-6-4-3-5-14(15)19(20,21)22/h3-10H,2H2,1H3,(H,23,24). The summed E-state index contributed by atoms with van der Waals surface area (Å²) >= 11 is 0. The first-order valence-corrected chi connectivity index (χ1v) is 7.98. The van der Waals surface area contributed by atoms with Crippen molar-refractivity contribution in [2.75, 3.05) is 11.9 Å². The van der Waals surface area contributed by atoms with Gasteiger partial charge in [0, 0.05) is 11.5 Å². The van der Waals surface area contributed by atoms with Gasteiger partial charge in [0.05, 0.1) is 17.9 Å². The van der Waals surface area contributed by atoms with Crippen molar-refractivity contribution in [2.24, 2.45) is 0 Å². The number of benzene rings is 2. The number of hydrogen-bond donors (Lipinski definition) is 1. The highest BCUT2D eigenvalue weighted by Gasteiger charge is 2.33. The van der Waals surface area contributed by atoms with Crippen LogP contribution < -0.4 is 15.7 Å². The Morgan fingerprint density at radius 3 is 2.59 bits per heavy atom. The zero-order valence-electron chi connectivity index (χ0n) is 14.1. The second-order valence-corrected chi connectivity index (χ2v) is 5.58. The zero-order chi connectivity index (χ0) is 19.6. The summed E-state index contributed by atoms with van der Waals surface area (Å²) in [6, 6.07) is 10.5. The summed E-state index contributed by atoms with van der Waals surface area (Å²) in [6.07, 6.45) is -4.65. The van der Waals surface area contributed by atoms with E-state index in [-0.39, 0.29) is 5.58 Å². The minimum Gasteiger partial charge on any atom is -0.494 e. The van der Waals surface area contributed by atoms with Crippen LogP contribution in [0.25, 0.3) is 11.0 Å². The molecule has 0 unspecified atom stereocenters. The highest BCUT2D eigenvalue weighted by atomic mass is 19.4. The smallest absolute Gasteiger partial charge is 0.418 e. The molecule has 0 atom stereocenters. The van der Waals surface area contributed by atoms with Crippen LogP contribution in [-0.4, -0.2) is 12.5 Å². The van der Waals surface area contributed by atoms with Crippen molar-refractivity contribution in [3.63, 3.8) is 0 Å². The molecule has 0 saturated carbocycles. The van der Waals surface area contributed by atoms with Gasteiger partial charge in [0.15, 0.2) is 0 Å². The lowest BCUT2D eigenvalue weighted by atomic mass is 10.1. The first-order valence-electron chi connectivity index (χ1n) is 7.98. The van der Waals surface area contributed by atoms with E-state index in [1.807, 2.05) is 0 Å². The summed E-state index contributed by atoms with van der Waals surface area (Å²) < 4.78 is 49.6. The van der Waals surface area contributed by atoms with Crippen molar-refractivity contribution in [1.82, 2.24) is 0 Å². The first kappa shape index (κ1) is 18.5. The van der Waals surface area contributed by atoms with Crippen molar-refractivity contribution in [3.8, 4) is 5.75 Å². The van der Waals surface area contributed by atoms with Crippen molar-refractivity contribution in [1.29, 1.82) is 0 Å². The van der Waals surface area contributed by atoms with E-state index >= 15 is 0 Å². The summed E-state index contributed by atoms with van der Waals surface area (Å²) in [5.74, 6) is -0.499. The van der Waals surface area contributed by atoms with Crippen LogP contribution in [0.15, 0.2) is 57.7 Å². The quantitative estimate of drug-likeness (QED) is 0.682. The Balaban J connectivity index is 1.96. The van der Waals surface area contributed by atoms with Crippen LogP contribution in [0.2, 0.25) is 0 Å². The van der Waals surface area contributed by atoms with E-state index in [9.17, 15) is 22.8 Å². The van der Waals surface area contributed by atoms with Crippen molar-refractivity contribution >= 4 is 22.6 Å². The Morgan fingerprint density at radius 1 is 1.15 bits per heavy atom. The van der Waals surface area contributed by atoms with Gasteiger partial charge < -0.3 is 14.5 Å². The number of halogens is 3. The summed E-state index contributed by atoms with van der Waals surface area (Å²) in [5, 5.41) is 2.56. The van der Waals surface area contributed by atoms with Crippen molar-refractivity contribution < 1.29 is 27.1 Å². The SMILES string of the molecule is CCOc1ccc2cc(C(=O)Nc3ccccc3C(F)(F)F)c(=O)oc2c1. The summed E-state index contributed by atoms with van der Waals surface area (Å²) in [4.78, 5) is 24.5. The van der Waals surface area contributed by atoms with Crippen LogP contribution in [0.4, 0.5) is 18.9 Å². The lowest BCUT2D eigenvalue weighted by Crippen LogP contribution is -2.22. The second-order valence-electron chi connectivity index (χ2n) is 5.58. The molecule has 1 amide bonds. The van der Waals surface area contributed by atoms with Crippen LogP contribution in [0.5, 0.6) is 5.75 Å². The van der Waals surface area contributed by atoms with Gasteiger partial charge in [0.2, 0.25) is 0 Å². The van der Waals surface area contributed by atoms with Gasteiger partial charge in [0.1, 0.15) is 16.9 Å². The number of fused-ring (bicyclic) bond motifs is 1. The Kier molecular flexibility index (Phi) is 4.89.